The molecule has 1 aliphatic heterocycles. The van der Waals surface area contributed by atoms with Crippen LogP contribution in [0.1, 0.15) is 44.3 Å². The number of carbonyl (C=O) groups is 1. The summed E-state index contributed by atoms with van der Waals surface area (Å²) < 4.78 is 0. The van der Waals surface area contributed by atoms with Gasteiger partial charge in [-0.05, 0) is 31.1 Å². The molecule has 1 amide bonds. The SMILES string of the molecule is CC(=O)N1CCC(Cc2nccnc2-c2cnc(CC(C)C)s2)CC1. The van der Waals surface area contributed by atoms with E-state index in [4.69, 9.17) is 0 Å². The third-order valence-corrected chi connectivity index (χ3v) is 5.71. The van der Waals surface area contributed by atoms with Crippen molar-refractivity contribution in [3.8, 4) is 10.6 Å². The van der Waals surface area contributed by atoms with Crippen molar-refractivity contribution in [2.24, 2.45) is 11.8 Å². The van der Waals surface area contributed by atoms with Crippen LogP contribution in [0.15, 0.2) is 18.6 Å². The van der Waals surface area contributed by atoms with Gasteiger partial charge in [0.25, 0.3) is 0 Å². The van der Waals surface area contributed by atoms with Crippen LogP contribution in [0.4, 0.5) is 0 Å². The highest BCUT2D eigenvalue weighted by molar-refractivity contribution is 7.15. The van der Waals surface area contributed by atoms with Gasteiger partial charge in [0, 0.05) is 45.0 Å². The van der Waals surface area contributed by atoms with Gasteiger partial charge in [-0.15, -0.1) is 11.3 Å². The Kier molecular flexibility index (Phi) is 5.78. The predicted octanol–water partition coefficient (Wildman–Crippen LogP) is 3.60. The number of likely N-dealkylation sites (tertiary alicyclic amines) is 1. The van der Waals surface area contributed by atoms with E-state index in [1.54, 1.807) is 30.7 Å². The van der Waals surface area contributed by atoms with E-state index in [0.29, 0.717) is 11.8 Å². The number of aromatic nitrogens is 3. The largest absolute Gasteiger partial charge is 0.343 e. The van der Waals surface area contributed by atoms with Crippen LogP contribution in [-0.2, 0) is 17.6 Å². The van der Waals surface area contributed by atoms with E-state index in [9.17, 15) is 4.79 Å². The zero-order valence-electron chi connectivity index (χ0n) is 15.2. The Balaban J connectivity index is 1.71. The summed E-state index contributed by atoms with van der Waals surface area (Å²) in [4.78, 5) is 28.3. The molecule has 1 fully saturated rings. The lowest BCUT2D eigenvalue weighted by molar-refractivity contribution is -0.130. The van der Waals surface area contributed by atoms with E-state index in [-0.39, 0.29) is 5.91 Å². The maximum atomic E-state index is 11.5. The van der Waals surface area contributed by atoms with Crippen LogP contribution in [-0.4, -0.2) is 38.8 Å². The van der Waals surface area contributed by atoms with Crippen LogP contribution in [0, 0.1) is 11.8 Å². The third kappa shape index (κ3) is 4.63. The van der Waals surface area contributed by atoms with E-state index in [1.807, 2.05) is 11.1 Å². The van der Waals surface area contributed by atoms with E-state index in [1.165, 1.54) is 0 Å². The van der Waals surface area contributed by atoms with Crippen LogP contribution in [0.5, 0.6) is 0 Å². The zero-order valence-corrected chi connectivity index (χ0v) is 16.1. The van der Waals surface area contributed by atoms with Gasteiger partial charge in [-0.1, -0.05) is 13.8 Å². The molecule has 0 spiro atoms. The van der Waals surface area contributed by atoms with Crippen LogP contribution >= 0.6 is 11.3 Å². The third-order valence-electron chi connectivity index (χ3n) is 4.69. The van der Waals surface area contributed by atoms with Crippen LogP contribution in [0.25, 0.3) is 10.6 Å². The van der Waals surface area contributed by atoms with Gasteiger partial charge in [0.15, 0.2) is 0 Å². The molecular formula is C19H26N4OS. The summed E-state index contributed by atoms with van der Waals surface area (Å²) in [5, 5.41) is 1.16. The number of rotatable bonds is 5. The minimum absolute atomic E-state index is 0.181. The minimum Gasteiger partial charge on any atom is -0.343 e. The van der Waals surface area contributed by atoms with Crippen LogP contribution in [0.3, 0.4) is 0 Å². The molecule has 2 aromatic rings. The average molecular weight is 359 g/mol. The first-order chi connectivity index (χ1) is 12.0. The zero-order chi connectivity index (χ0) is 17.8. The van der Waals surface area contributed by atoms with Crippen molar-refractivity contribution in [2.75, 3.05) is 13.1 Å². The van der Waals surface area contributed by atoms with Crippen LogP contribution in [0.2, 0.25) is 0 Å². The highest BCUT2D eigenvalue weighted by atomic mass is 32.1. The second-order valence-electron chi connectivity index (χ2n) is 7.22. The summed E-state index contributed by atoms with van der Waals surface area (Å²) in [6.07, 6.45) is 9.48. The summed E-state index contributed by atoms with van der Waals surface area (Å²) in [5.74, 6) is 1.35. The van der Waals surface area contributed by atoms with Gasteiger partial charge >= 0.3 is 0 Å². The van der Waals surface area contributed by atoms with Gasteiger partial charge in [-0.2, -0.15) is 0 Å². The smallest absolute Gasteiger partial charge is 0.219 e. The summed E-state index contributed by atoms with van der Waals surface area (Å²) in [6.45, 7) is 7.79. The Morgan fingerprint density at radius 1 is 1.24 bits per heavy atom. The summed E-state index contributed by atoms with van der Waals surface area (Å²) in [5.41, 5.74) is 2.03. The highest BCUT2D eigenvalue weighted by Crippen LogP contribution is 2.30. The van der Waals surface area contributed by atoms with E-state index in [0.717, 1.165) is 60.0 Å². The second kappa shape index (κ2) is 8.04. The normalized spacial score (nSPS) is 15.8. The van der Waals surface area contributed by atoms with E-state index in [2.05, 4.69) is 28.8 Å². The molecule has 0 radical (unpaired) electrons. The maximum Gasteiger partial charge on any atom is 0.219 e. The summed E-state index contributed by atoms with van der Waals surface area (Å²) in [7, 11) is 0. The Morgan fingerprint density at radius 3 is 2.64 bits per heavy atom. The summed E-state index contributed by atoms with van der Waals surface area (Å²) >= 11 is 1.73. The number of hydrogen-bond acceptors (Lipinski definition) is 5. The molecule has 1 saturated heterocycles. The van der Waals surface area contributed by atoms with Crippen molar-refractivity contribution < 1.29 is 4.79 Å². The monoisotopic (exact) mass is 358 g/mol. The highest BCUT2D eigenvalue weighted by Gasteiger charge is 2.23. The Bertz CT molecular complexity index is 720. The van der Waals surface area contributed by atoms with Gasteiger partial charge in [0.2, 0.25) is 5.91 Å². The Labute approximate surface area is 153 Å². The number of thiazole rings is 1. The lowest BCUT2D eigenvalue weighted by Crippen LogP contribution is -2.37. The van der Waals surface area contributed by atoms with Crippen molar-refractivity contribution in [1.82, 2.24) is 19.9 Å². The first kappa shape index (κ1) is 18.0. The topological polar surface area (TPSA) is 59.0 Å². The first-order valence-electron chi connectivity index (χ1n) is 9.03. The lowest BCUT2D eigenvalue weighted by atomic mass is 9.91. The minimum atomic E-state index is 0.181. The number of nitrogens with zero attached hydrogens (tertiary/aromatic N) is 4. The first-order valence-corrected chi connectivity index (χ1v) is 9.85. The fraction of sp³-hybridized carbons (Fsp3) is 0.579. The molecule has 0 aliphatic carbocycles. The number of amides is 1. The van der Waals surface area contributed by atoms with Crippen molar-refractivity contribution >= 4 is 17.2 Å². The van der Waals surface area contributed by atoms with Gasteiger partial charge in [0.1, 0.15) is 5.69 Å². The standard InChI is InChI=1S/C19H26N4OS/c1-13(2)10-18-22-12-17(25-18)19-16(20-6-7-21-19)11-15-4-8-23(9-5-15)14(3)24/h6-7,12-13,15H,4-5,8-11H2,1-3H3. The molecule has 0 atom stereocenters. The molecule has 0 bridgehead atoms. The average Bonchev–Trinajstić information content (AvgIpc) is 3.03. The number of carbonyl (C=O) groups excluding carboxylic acids is 1. The number of hydrogen-bond donors (Lipinski definition) is 0. The van der Waals surface area contributed by atoms with Gasteiger partial charge in [-0.3, -0.25) is 14.8 Å². The second-order valence-corrected chi connectivity index (χ2v) is 8.34. The molecule has 0 saturated carbocycles. The Hall–Kier alpha value is -1.82. The molecule has 3 rings (SSSR count). The van der Waals surface area contributed by atoms with Gasteiger partial charge in [-0.25, -0.2) is 4.98 Å². The maximum absolute atomic E-state index is 11.5. The fourth-order valence-electron chi connectivity index (χ4n) is 3.31. The molecular weight excluding hydrogens is 332 g/mol. The summed E-state index contributed by atoms with van der Waals surface area (Å²) in [6, 6.07) is 0. The van der Waals surface area contributed by atoms with Crippen molar-refractivity contribution in [3.63, 3.8) is 0 Å². The van der Waals surface area contributed by atoms with Crippen molar-refractivity contribution in [1.29, 1.82) is 0 Å². The lowest BCUT2D eigenvalue weighted by Gasteiger charge is -2.31. The van der Waals surface area contributed by atoms with Gasteiger partial charge < -0.3 is 4.90 Å². The fourth-order valence-corrected chi connectivity index (χ4v) is 4.46. The van der Waals surface area contributed by atoms with Crippen LogP contribution < -0.4 is 0 Å². The molecule has 6 heteroatoms. The molecule has 0 aromatic carbocycles. The molecule has 134 valence electrons. The quantitative estimate of drug-likeness (QED) is 0.819. The molecule has 5 nitrogen and oxygen atoms in total. The Morgan fingerprint density at radius 2 is 1.96 bits per heavy atom. The molecule has 2 aromatic heterocycles. The van der Waals surface area contributed by atoms with E-state index < -0.39 is 0 Å². The molecule has 25 heavy (non-hydrogen) atoms. The van der Waals surface area contributed by atoms with Gasteiger partial charge in [0.05, 0.1) is 15.6 Å². The molecule has 3 heterocycles. The number of piperidine rings is 1. The van der Waals surface area contributed by atoms with Crippen molar-refractivity contribution in [3.05, 3.63) is 29.3 Å². The molecule has 1 aliphatic rings. The van der Waals surface area contributed by atoms with E-state index >= 15 is 0 Å². The molecule has 0 N–H and O–H groups in total. The predicted molar refractivity (Wildman–Crippen MR) is 100 cm³/mol. The van der Waals surface area contributed by atoms with Crippen molar-refractivity contribution in [2.45, 2.75) is 46.5 Å². The molecule has 0 unspecified atom stereocenters.